The number of hydrogen-bond acceptors (Lipinski definition) is 4. The Kier molecular flexibility index (Phi) is 5.50. The molecule has 5 rings (SSSR count). The third-order valence-corrected chi connectivity index (χ3v) is 6.43. The lowest BCUT2D eigenvalue weighted by Crippen LogP contribution is -2.29. The second-order valence-electron chi connectivity index (χ2n) is 8.53. The number of Topliss-reactive ketones (excluding diaryl/α,β-unsaturated/α-hetero) is 1. The Morgan fingerprint density at radius 1 is 1.03 bits per heavy atom. The maximum Gasteiger partial charge on any atom is 0.295 e. The summed E-state index contributed by atoms with van der Waals surface area (Å²) in [7, 11) is 0. The molecule has 2 aliphatic rings. The van der Waals surface area contributed by atoms with E-state index in [2.05, 4.69) is 4.98 Å². The van der Waals surface area contributed by atoms with Gasteiger partial charge < -0.3 is 10.0 Å². The van der Waals surface area contributed by atoms with Crippen molar-refractivity contribution < 1.29 is 19.1 Å². The summed E-state index contributed by atoms with van der Waals surface area (Å²) in [6.07, 6.45) is 7.38. The van der Waals surface area contributed by atoms with E-state index in [0.717, 1.165) is 25.7 Å². The average molecular weight is 442 g/mol. The number of aliphatic hydroxyl groups excluding tert-OH is 1. The number of ketones is 1. The molecule has 0 radical (unpaired) electrons. The van der Waals surface area contributed by atoms with Crippen molar-refractivity contribution in [1.29, 1.82) is 0 Å². The van der Waals surface area contributed by atoms with Crippen LogP contribution in [0.15, 0.2) is 72.6 Å². The van der Waals surface area contributed by atoms with E-state index in [1.165, 1.54) is 28.2 Å². The molecule has 1 fully saturated rings. The van der Waals surface area contributed by atoms with Crippen molar-refractivity contribution in [2.45, 2.75) is 38.3 Å². The second-order valence-corrected chi connectivity index (χ2v) is 8.53. The molecular weight excluding hydrogens is 419 g/mol. The van der Waals surface area contributed by atoms with Crippen LogP contribution in [0.1, 0.15) is 46.7 Å². The number of halogens is 1. The molecular formula is C27H23FN2O3. The molecule has 5 nitrogen and oxygen atoms in total. The van der Waals surface area contributed by atoms with Gasteiger partial charge >= 0.3 is 0 Å². The zero-order valence-electron chi connectivity index (χ0n) is 18.0. The molecule has 1 amide bonds. The lowest BCUT2D eigenvalue weighted by Gasteiger charge is -2.25. The monoisotopic (exact) mass is 442 g/mol. The number of aliphatic hydroxyl groups is 1. The van der Waals surface area contributed by atoms with E-state index in [-0.39, 0.29) is 23.7 Å². The Balaban J connectivity index is 1.61. The van der Waals surface area contributed by atoms with Crippen molar-refractivity contribution >= 4 is 17.4 Å². The Morgan fingerprint density at radius 3 is 2.52 bits per heavy atom. The van der Waals surface area contributed by atoms with Gasteiger partial charge in [0.1, 0.15) is 11.6 Å². The van der Waals surface area contributed by atoms with Gasteiger partial charge in [0.05, 0.1) is 11.6 Å². The zero-order valence-corrected chi connectivity index (χ0v) is 18.0. The van der Waals surface area contributed by atoms with E-state index in [1.807, 2.05) is 18.2 Å². The summed E-state index contributed by atoms with van der Waals surface area (Å²) in [6.45, 7) is 0.103. The molecule has 3 aromatic rings. The van der Waals surface area contributed by atoms with Gasteiger partial charge in [-0.05, 0) is 72.2 Å². The molecule has 6 heteroatoms. The van der Waals surface area contributed by atoms with Gasteiger partial charge in [-0.15, -0.1) is 0 Å². The topological polar surface area (TPSA) is 70.5 Å². The highest BCUT2D eigenvalue weighted by Crippen LogP contribution is 2.40. The molecule has 0 saturated carbocycles. The number of aryl methyl sites for hydroxylation is 2. The summed E-state index contributed by atoms with van der Waals surface area (Å²) >= 11 is 0. The fraction of sp³-hybridized carbons (Fsp3) is 0.222. The molecule has 1 aliphatic heterocycles. The Labute approximate surface area is 191 Å². The van der Waals surface area contributed by atoms with Crippen molar-refractivity contribution in [2.75, 3.05) is 0 Å². The van der Waals surface area contributed by atoms with Crippen LogP contribution in [0, 0.1) is 5.82 Å². The number of pyridine rings is 1. The number of carbonyl (C=O) groups excluding carboxylic acids is 2. The Hall–Kier alpha value is -3.80. The largest absolute Gasteiger partial charge is 0.507 e. The first kappa shape index (κ1) is 21.1. The first-order valence-corrected chi connectivity index (χ1v) is 11.1. The summed E-state index contributed by atoms with van der Waals surface area (Å²) in [6, 6.07) is 14.3. The third-order valence-electron chi connectivity index (χ3n) is 6.43. The second kappa shape index (κ2) is 8.62. The fourth-order valence-corrected chi connectivity index (χ4v) is 4.75. The number of hydrogen-bond donors (Lipinski definition) is 1. The van der Waals surface area contributed by atoms with Crippen molar-refractivity contribution in [2.24, 2.45) is 0 Å². The molecule has 0 spiro atoms. The number of likely N-dealkylation sites (tertiary alicyclic amines) is 1. The third kappa shape index (κ3) is 3.93. The molecule has 1 saturated heterocycles. The lowest BCUT2D eigenvalue weighted by atomic mass is 9.89. The predicted molar refractivity (Wildman–Crippen MR) is 122 cm³/mol. The molecule has 1 N–H and O–H groups in total. The Bertz CT molecular complexity index is 1250. The van der Waals surface area contributed by atoms with Gasteiger partial charge in [-0.25, -0.2) is 4.39 Å². The molecule has 1 aromatic heterocycles. The first-order valence-electron chi connectivity index (χ1n) is 11.1. The van der Waals surface area contributed by atoms with Gasteiger partial charge in [0.15, 0.2) is 0 Å². The SMILES string of the molecule is O=C1C(=O)N(Cc2ccc(F)cc2)C(c2cccnc2)/C1=C(/O)c1ccc2c(c1)CCCC2. The minimum atomic E-state index is -0.792. The van der Waals surface area contributed by atoms with Gasteiger partial charge in [0.2, 0.25) is 0 Å². The summed E-state index contributed by atoms with van der Waals surface area (Å²) in [4.78, 5) is 31.8. The van der Waals surface area contributed by atoms with Gasteiger partial charge in [0.25, 0.3) is 11.7 Å². The van der Waals surface area contributed by atoms with E-state index < -0.39 is 17.7 Å². The fourth-order valence-electron chi connectivity index (χ4n) is 4.75. The van der Waals surface area contributed by atoms with Crippen LogP contribution < -0.4 is 0 Å². The van der Waals surface area contributed by atoms with E-state index in [4.69, 9.17) is 0 Å². The van der Waals surface area contributed by atoms with Crippen LogP contribution in [0.2, 0.25) is 0 Å². The average Bonchev–Trinajstić information content (AvgIpc) is 3.10. The van der Waals surface area contributed by atoms with Crippen molar-refractivity contribution in [3.05, 3.63) is 106 Å². The van der Waals surface area contributed by atoms with Crippen LogP contribution in [-0.4, -0.2) is 26.7 Å². The molecule has 33 heavy (non-hydrogen) atoms. The predicted octanol–water partition coefficient (Wildman–Crippen LogP) is 4.72. The number of fused-ring (bicyclic) bond motifs is 1. The molecule has 1 aliphatic carbocycles. The van der Waals surface area contributed by atoms with Gasteiger partial charge in [-0.2, -0.15) is 0 Å². The van der Waals surface area contributed by atoms with Crippen LogP contribution in [0.25, 0.3) is 5.76 Å². The minimum Gasteiger partial charge on any atom is -0.507 e. The lowest BCUT2D eigenvalue weighted by molar-refractivity contribution is -0.140. The highest BCUT2D eigenvalue weighted by atomic mass is 19.1. The van der Waals surface area contributed by atoms with Crippen molar-refractivity contribution in [3.63, 3.8) is 0 Å². The molecule has 1 atom stereocenters. The molecule has 2 aromatic carbocycles. The van der Waals surface area contributed by atoms with Crippen molar-refractivity contribution in [1.82, 2.24) is 9.88 Å². The quantitative estimate of drug-likeness (QED) is 0.361. The highest BCUT2D eigenvalue weighted by molar-refractivity contribution is 6.46. The van der Waals surface area contributed by atoms with E-state index in [9.17, 15) is 19.1 Å². The number of rotatable bonds is 4. The number of nitrogens with zero attached hydrogens (tertiary/aromatic N) is 2. The standard InChI is InChI=1S/C27H23FN2O3/c28-22-11-7-17(8-12-22)16-30-24(21-6-3-13-29-15-21)23(26(32)27(30)33)25(31)20-10-9-18-4-1-2-5-19(18)14-20/h3,6-15,24,31H,1-2,4-5,16H2/b25-23-. The number of amides is 1. The maximum absolute atomic E-state index is 13.4. The van der Waals surface area contributed by atoms with Gasteiger partial charge in [-0.3, -0.25) is 14.6 Å². The normalized spacial score (nSPS) is 19.5. The zero-order chi connectivity index (χ0) is 22.9. The van der Waals surface area contributed by atoms with Crippen LogP contribution >= 0.6 is 0 Å². The molecule has 1 unspecified atom stereocenters. The number of aromatic nitrogens is 1. The van der Waals surface area contributed by atoms with Gasteiger partial charge in [0, 0.05) is 24.5 Å². The summed E-state index contributed by atoms with van der Waals surface area (Å²) in [5.74, 6) is -2.00. The number of carbonyl (C=O) groups is 2. The van der Waals surface area contributed by atoms with Crippen LogP contribution in [0.5, 0.6) is 0 Å². The smallest absolute Gasteiger partial charge is 0.295 e. The summed E-state index contributed by atoms with van der Waals surface area (Å²) in [5, 5.41) is 11.3. The first-order chi connectivity index (χ1) is 16.0. The van der Waals surface area contributed by atoms with Crippen LogP contribution in [-0.2, 0) is 29.0 Å². The summed E-state index contributed by atoms with van der Waals surface area (Å²) < 4.78 is 13.4. The summed E-state index contributed by atoms with van der Waals surface area (Å²) in [5.41, 5.74) is 4.32. The van der Waals surface area contributed by atoms with E-state index >= 15 is 0 Å². The molecule has 166 valence electrons. The minimum absolute atomic E-state index is 0.0471. The van der Waals surface area contributed by atoms with Crippen LogP contribution in [0.4, 0.5) is 4.39 Å². The Morgan fingerprint density at radius 2 is 1.79 bits per heavy atom. The van der Waals surface area contributed by atoms with Crippen LogP contribution in [0.3, 0.4) is 0 Å². The number of benzene rings is 2. The van der Waals surface area contributed by atoms with E-state index in [1.54, 1.807) is 36.7 Å². The highest BCUT2D eigenvalue weighted by Gasteiger charge is 2.46. The van der Waals surface area contributed by atoms with Gasteiger partial charge in [-0.1, -0.05) is 30.3 Å². The van der Waals surface area contributed by atoms with Crippen molar-refractivity contribution in [3.8, 4) is 0 Å². The maximum atomic E-state index is 13.4. The van der Waals surface area contributed by atoms with E-state index in [0.29, 0.717) is 16.7 Å². The molecule has 2 heterocycles. The molecule has 0 bridgehead atoms.